The van der Waals surface area contributed by atoms with E-state index >= 15 is 0 Å². The van der Waals surface area contributed by atoms with Crippen molar-refractivity contribution in [2.45, 2.75) is 13.5 Å². The van der Waals surface area contributed by atoms with Crippen LogP contribution < -0.4 is 10.3 Å². The zero-order valence-electron chi connectivity index (χ0n) is 16.9. The van der Waals surface area contributed by atoms with Crippen molar-refractivity contribution in [2.24, 2.45) is 0 Å². The van der Waals surface area contributed by atoms with Gasteiger partial charge in [-0.3, -0.25) is 9.36 Å². The van der Waals surface area contributed by atoms with Gasteiger partial charge < -0.3 is 9.26 Å². The molecule has 3 aromatic heterocycles. The summed E-state index contributed by atoms with van der Waals surface area (Å²) in [5, 5.41) is 4.65. The maximum atomic E-state index is 13.2. The number of aryl methyl sites for hydroxylation is 1. The van der Waals surface area contributed by atoms with E-state index in [2.05, 4.69) is 15.1 Å². The molecule has 5 rings (SSSR count). The number of methoxy groups -OCH3 is 1. The molecule has 0 aliphatic carbocycles. The Kier molecular flexibility index (Phi) is 4.83. The quantitative estimate of drug-likeness (QED) is 0.407. The molecule has 0 saturated heterocycles. The van der Waals surface area contributed by atoms with Gasteiger partial charge in [-0.05, 0) is 42.3 Å². The summed E-state index contributed by atoms with van der Waals surface area (Å²) in [7, 11) is 1.61. The molecular weight excluding hydrogens is 412 g/mol. The number of hydrogen-bond donors (Lipinski definition) is 0. The predicted octanol–water partition coefficient (Wildman–Crippen LogP) is 4.54. The van der Waals surface area contributed by atoms with Crippen molar-refractivity contribution in [1.29, 1.82) is 0 Å². The van der Waals surface area contributed by atoms with Gasteiger partial charge in [0, 0.05) is 10.4 Å². The van der Waals surface area contributed by atoms with Crippen LogP contribution >= 0.6 is 11.3 Å². The number of nitrogens with zero attached hydrogens (tertiary/aromatic N) is 4. The summed E-state index contributed by atoms with van der Waals surface area (Å²) in [4.78, 5) is 23.9. The Morgan fingerprint density at radius 1 is 1.06 bits per heavy atom. The molecule has 8 heteroatoms. The van der Waals surface area contributed by atoms with E-state index in [1.807, 2.05) is 61.5 Å². The fraction of sp³-hybridized carbons (Fsp3) is 0.130. The number of rotatable bonds is 5. The van der Waals surface area contributed by atoms with Crippen molar-refractivity contribution in [2.75, 3.05) is 7.11 Å². The van der Waals surface area contributed by atoms with Gasteiger partial charge >= 0.3 is 0 Å². The van der Waals surface area contributed by atoms with Crippen molar-refractivity contribution in [3.63, 3.8) is 0 Å². The molecule has 0 unspecified atom stereocenters. The summed E-state index contributed by atoms with van der Waals surface area (Å²) >= 11 is 1.53. The van der Waals surface area contributed by atoms with Crippen molar-refractivity contribution in [3.05, 3.63) is 82.7 Å². The van der Waals surface area contributed by atoms with Gasteiger partial charge in [-0.2, -0.15) is 4.98 Å². The lowest BCUT2D eigenvalue weighted by molar-refractivity contribution is 0.413. The van der Waals surface area contributed by atoms with E-state index in [9.17, 15) is 4.79 Å². The normalized spacial score (nSPS) is 11.2. The second-order valence-corrected chi connectivity index (χ2v) is 8.02. The lowest BCUT2D eigenvalue weighted by atomic mass is 10.1. The summed E-state index contributed by atoms with van der Waals surface area (Å²) in [5.74, 6) is 1.54. The van der Waals surface area contributed by atoms with Crippen LogP contribution in [0.5, 0.6) is 5.75 Å². The Morgan fingerprint density at radius 3 is 2.58 bits per heavy atom. The van der Waals surface area contributed by atoms with Crippen LogP contribution in [0.2, 0.25) is 0 Å². The SMILES string of the molecule is COc1ccc(-c2nc(Cn3cnc4sc(-c5ccccc5)c(C)c4c3=O)no2)cc1. The Morgan fingerprint density at radius 2 is 1.84 bits per heavy atom. The smallest absolute Gasteiger partial charge is 0.262 e. The molecule has 7 nitrogen and oxygen atoms in total. The molecule has 0 bridgehead atoms. The summed E-state index contributed by atoms with van der Waals surface area (Å²) in [6.07, 6.45) is 1.54. The highest BCUT2D eigenvalue weighted by atomic mass is 32.1. The molecule has 31 heavy (non-hydrogen) atoms. The van der Waals surface area contributed by atoms with Crippen LogP contribution in [-0.4, -0.2) is 26.8 Å². The standard InChI is InChI=1S/C23H18N4O3S/c1-14-19-22(31-20(14)15-6-4-3-5-7-15)24-13-27(23(19)28)12-18-25-21(30-26-18)16-8-10-17(29-2)11-9-16/h3-11,13H,12H2,1-2H3. The molecular formula is C23H18N4O3S. The van der Waals surface area contributed by atoms with E-state index < -0.39 is 0 Å². The number of thiophene rings is 1. The van der Waals surface area contributed by atoms with Gasteiger partial charge in [0.25, 0.3) is 11.4 Å². The molecule has 0 radical (unpaired) electrons. The summed E-state index contributed by atoms with van der Waals surface area (Å²) in [6.45, 7) is 2.14. The van der Waals surface area contributed by atoms with Gasteiger partial charge in [-0.15, -0.1) is 11.3 Å². The van der Waals surface area contributed by atoms with Crippen LogP contribution in [0.4, 0.5) is 0 Å². The van der Waals surface area contributed by atoms with Gasteiger partial charge in [0.1, 0.15) is 10.6 Å². The van der Waals surface area contributed by atoms with Crippen LogP contribution in [0.25, 0.3) is 32.1 Å². The molecule has 0 aliphatic rings. The molecule has 0 spiro atoms. The molecule has 0 aliphatic heterocycles. The number of ether oxygens (including phenoxy) is 1. The van der Waals surface area contributed by atoms with Gasteiger partial charge in [0.15, 0.2) is 5.82 Å². The highest BCUT2D eigenvalue weighted by Gasteiger charge is 2.17. The zero-order valence-corrected chi connectivity index (χ0v) is 17.7. The molecule has 2 aromatic carbocycles. The average molecular weight is 430 g/mol. The maximum Gasteiger partial charge on any atom is 0.262 e. The van der Waals surface area contributed by atoms with Crippen LogP contribution in [-0.2, 0) is 6.54 Å². The third-order valence-corrected chi connectivity index (χ3v) is 6.32. The molecule has 5 aromatic rings. The van der Waals surface area contributed by atoms with Gasteiger partial charge in [0.2, 0.25) is 0 Å². The number of benzene rings is 2. The molecule has 0 fully saturated rings. The fourth-order valence-electron chi connectivity index (χ4n) is 3.46. The first-order valence-corrected chi connectivity index (χ1v) is 10.5. The molecule has 154 valence electrons. The van der Waals surface area contributed by atoms with Crippen molar-refractivity contribution >= 4 is 21.6 Å². The van der Waals surface area contributed by atoms with E-state index in [1.54, 1.807) is 13.4 Å². The van der Waals surface area contributed by atoms with Gasteiger partial charge in [-0.1, -0.05) is 35.5 Å². The highest BCUT2D eigenvalue weighted by Crippen LogP contribution is 2.35. The van der Waals surface area contributed by atoms with Crippen LogP contribution in [0, 0.1) is 6.92 Å². The molecule has 0 saturated carbocycles. The Hall–Kier alpha value is -3.78. The number of hydrogen-bond acceptors (Lipinski definition) is 7. The van der Waals surface area contributed by atoms with E-state index in [0.717, 1.165) is 32.1 Å². The van der Waals surface area contributed by atoms with E-state index in [4.69, 9.17) is 9.26 Å². The second kappa shape index (κ2) is 7.81. The van der Waals surface area contributed by atoms with E-state index in [0.29, 0.717) is 17.1 Å². The monoisotopic (exact) mass is 430 g/mol. The minimum Gasteiger partial charge on any atom is -0.497 e. The molecule has 0 N–H and O–H groups in total. The fourth-order valence-corrected chi connectivity index (χ4v) is 4.60. The maximum absolute atomic E-state index is 13.2. The van der Waals surface area contributed by atoms with Gasteiger partial charge in [-0.25, -0.2) is 4.98 Å². The first-order valence-electron chi connectivity index (χ1n) is 9.65. The molecule has 0 amide bonds. The third kappa shape index (κ3) is 3.51. The number of aromatic nitrogens is 4. The Bertz CT molecular complexity index is 1420. The highest BCUT2D eigenvalue weighted by molar-refractivity contribution is 7.22. The third-order valence-electron chi connectivity index (χ3n) is 5.07. The Balaban J connectivity index is 1.47. The van der Waals surface area contributed by atoms with E-state index in [-0.39, 0.29) is 12.1 Å². The first kappa shape index (κ1) is 19.2. The van der Waals surface area contributed by atoms with Crippen molar-refractivity contribution < 1.29 is 9.26 Å². The van der Waals surface area contributed by atoms with Crippen LogP contribution in [0.15, 0.2) is 70.2 Å². The van der Waals surface area contributed by atoms with Gasteiger partial charge in [0.05, 0.1) is 25.4 Å². The lowest BCUT2D eigenvalue weighted by Gasteiger charge is -2.02. The molecule has 0 atom stereocenters. The average Bonchev–Trinajstić information content (AvgIpc) is 3.41. The minimum absolute atomic E-state index is 0.114. The van der Waals surface area contributed by atoms with Crippen LogP contribution in [0.3, 0.4) is 0 Å². The topological polar surface area (TPSA) is 83.0 Å². The van der Waals surface area contributed by atoms with Crippen molar-refractivity contribution in [1.82, 2.24) is 19.7 Å². The number of fused-ring (bicyclic) bond motifs is 1. The largest absolute Gasteiger partial charge is 0.497 e. The molecule has 3 heterocycles. The van der Waals surface area contributed by atoms with Crippen molar-refractivity contribution in [3.8, 4) is 27.6 Å². The summed E-state index contributed by atoms with van der Waals surface area (Å²) in [5.41, 5.74) is 2.68. The van der Waals surface area contributed by atoms with Crippen LogP contribution in [0.1, 0.15) is 11.4 Å². The lowest BCUT2D eigenvalue weighted by Crippen LogP contribution is -2.21. The minimum atomic E-state index is -0.114. The Labute approximate surface area is 181 Å². The summed E-state index contributed by atoms with van der Waals surface area (Å²) in [6, 6.07) is 17.4. The first-order chi connectivity index (χ1) is 15.1. The second-order valence-electron chi connectivity index (χ2n) is 7.02. The zero-order chi connectivity index (χ0) is 21.4. The van der Waals surface area contributed by atoms with E-state index in [1.165, 1.54) is 15.9 Å². The summed E-state index contributed by atoms with van der Waals surface area (Å²) < 4.78 is 12.1. The predicted molar refractivity (Wildman–Crippen MR) is 119 cm³/mol.